The molecular weight excluding hydrogens is 387 g/mol. The van der Waals surface area contributed by atoms with Crippen molar-refractivity contribution in [2.45, 2.75) is 39.7 Å². The summed E-state index contributed by atoms with van der Waals surface area (Å²) in [5.74, 6) is -0.399. The smallest absolute Gasteiger partial charge is 0.410 e. The Morgan fingerprint density at radius 2 is 1.90 bits per heavy atom. The zero-order valence-electron chi connectivity index (χ0n) is 18.2. The van der Waals surface area contributed by atoms with E-state index in [1.807, 2.05) is 27.7 Å². The van der Waals surface area contributed by atoms with E-state index in [4.69, 9.17) is 4.74 Å². The summed E-state index contributed by atoms with van der Waals surface area (Å²) in [5, 5.41) is 3.70. The van der Waals surface area contributed by atoms with Crippen LogP contribution in [-0.2, 0) is 16.0 Å². The zero-order valence-corrected chi connectivity index (χ0v) is 18.2. The van der Waals surface area contributed by atoms with E-state index in [0.29, 0.717) is 19.6 Å². The number of rotatable bonds is 5. The molecule has 2 aromatic rings. The van der Waals surface area contributed by atoms with Crippen molar-refractivity contribution in [1.82, 2.24) is 20.1 Å². The molecule has 1 saturated heterocycles. The highest BCUT2D eigenvalue weighted by Gasteiger charge is 2.25. The molecule has 3 rings (SSSR count). The van der Waals surface area contributed by atoms with Gasteiger partial charge >= 0.3 is 6.09 Å². The van der Waals surface area contributed by atoms with Crippen LogP contribution in [0, 0.1) is 12.7 Å². The number of nitrogens with one attached hydrogen (secondary N) is 2. The first-order chi connectivity index (χ1) is 14.1. The van der Waals surface area contributed by atoms with Crippen molar-refractivity contribution in [3.63, 3.8) is 0 Å². The molecule has 1 aliphatic rings. The predicted molar refractivity (Wildman–Crippen MR) is 114 cm³/mol. The predicted octanol–water partition coefficient (Wildman–Crippen LogP) is 2.83. The van der Waals surface area contributed by atoms with Gasteiger partial charge in [0, 0.05) is 55.9 Å². The lowest BCUT2D eigenvalue weighted by Crippen LogP contribution is -2.51. The lowest BCUT2D eigenvalue weighted by atomic mass is 10.1. The fourth-order valence-corrected chi connectivity index (χ4v) is 3.64. The number of carbonyl (C=O) groups is 2. The average Bonchev–Trinajstić information content (AvgIpc) is 2.96. The minimum atomic E-state index is -0.493. The van der Waals surface area contributed by atoms with Gasteiger partial charge in [-0.25, -0.2) is 9.18 Å². The van der Waals surface area contributed by atoms with Gasteiger partial charge in [0.05, 0.1) is 6.42 Å². The molecule has 0 spiro atoms. The Balaban J connectivity index is 1.42. The molecular formula is C22H31FN4O3. The fourth-order valence-electron chi connectivity index (χ4n) is 3.64. The molecule has 1 aliphatic heterocycles. The summed E-state index contributed by atoms with van der Waals surface area (Å²) in [6.45, 7) is 11.4. The van der Waals surface area contributed by atoms with Crippen LogP contribution in [0.5, 0.6) is 0 Å². The Hall–Kier alpha value is -2.61. The molecule has 2 amide bonds. The Morgan fingerprint density at radius 1 is 1.20 bits per heavy atom. The summed E-state index contributed by atoms with van der Waals surface area (Å²) < 4.78 is 19.0. The van der Waals surface area contributed by atoms with Gasteiger partial charge in [-0.15, -0.1) is 0 Å². The molecule has 0 bridgehead atoms. The Bertz CT molecular complexity index is 911. The summed E-state index contributed by atoms with van der Waals surface area (Å²) in [7, 11) is 0. The molecule has 0 saturated carbocycles. The number of halogens is 1. The van der Waals surface area contributed by atoms with Crippen LogP contribution in [-0.4, -0.2) is 71.7 Å². The van der Waals surface area contributed by atoms with Gasteiger partial charge < -0.3 is 19.9 Å². The molecule has 1 fully saturated rings. The fraction of sp³-hybridized carbons (Fsp3) is 0.545. The number of carbonyl (C=O) groups excluding carboxylic acids is 2. The number of hydrogen-bond donors (Lipinski definition) is 2. The van der Waals surface area contributed by atoms with Crippen molar-refractivity contribution in [3.05, 3.63) is 35.3 Å². The molecule has 2 N–H and O–H groups in total. The first kappa shape index (κ1) is 22.1. The number of H-pyrrole nitrogens is 1. The van der Waals surface area contributed by atoms with E-state index in [1.54, 1.807) is 11.0 Å². The highest BCUT2D eigenvalue weighted by molar-refractivity contribution is 5.90. The topological polar surface area (TPSA) is 77.7 Å². The molecule has 1 aromatic carbocycles. The van der Waals surface area contributed by atoms with Crippen molar-refractivity contribution in [3.8, 4) is 0 Å². The second kappa shape index (κ2) is 9.04. The molecule has 164 valence electrons. The van der Waals surface area contributed by atoms with Gasteiger partial charge in [0.25, 0.3) is 0 Å². The number of fused-ring (bicyclic) bond motifs is 1. The van der Waals surface area contributed by atoms with E-state index in [0.717, 1.165) is 41.8 Å². The molecule has 30 heavy (non-hydrogen) atoms. The monoisotopic (exact) mass is 418 g/mol. The number of aryl methyl sites for hydroxylation is 1. The Labute approximate surface area is 176 Å². The zero-order chi connectivity index (χ0) is 21.9. The number of aromatic nitrogens is 1. The maximum absolute atomic E-state index is 13.6. The van der Waals surface area contributed by atoms with E-state index in [9.17, 15) is 14.0 Å². The van der Waals surface area contributed by atoms with Crippen LogP contribution < -0.4 is 5.32 Å². The van der Waals surface area contributed by atoms with Gasteiger partial charge in [0.1, 0.15) is 11.4 Å². The van der Waals surface area contributed by atoms with Gasteiger partial charge in [0.2, 0.25) is 5.91 Å². The normalized spacial score (nSPS) is 15.4. The summed E-state index contributed by atoms with van der Waals surface area (Å²) in [4.78, 5) is 31.7. The Morgan fingerprint density at radius 3 is 2.57 bits per heavy atom. The van der Waals surface area contributed by atoms with Crippen molar-refractivity contribution >= 4 is 22.9 Å². The van der Waals surface area contributed by atoms with E-state index in [-0.39, 0.29) is 24.2 Å². The number of amides is 2. The maximum atomic E-state index is 13.6. The molecule has 1 aromatic heterocycles. The van der Waals surface area contributed by atoms with Gasteiger partial charge in [0.15, 0.2) is 0 Å². The third kappa shape index (κ3) is 5.72. The number of aromatic amines is 1. The second-order valence-electron chi connectivity index (χ2n) is 8.75. The number of ether oxygens (including phenoxy) is 1. The highest BCUT2D eigenvalue weighted by atomic mass is 19.1. The van der Waals surface area contributed by atoms with Crippen molar-refractivity contribution in [2.75, 3.05) is 39.3 Å². The van der Waals surface area contributed by atoms with Gasteiger partial charge in [-0.2, -0.15) is 0 Å². The van der Waals surface area contributed by atoms with Crippen LogP contribution in [0.2, 0.25) is 0 Å². The standard InChI is InChI=1S/C22H31FN4O3/c1-15-17(18-13-16(23)5-6-19(18)25-15)14-20(28)24-7-8-26-9-11-27(12-10-26)21(29)30-22(2,3)4/h5-6,13,25H,7-12,14H2,1-4H3,(H,24,28). The number of piperazine rings is 1. The molecule has 0 aliphatic carbocycles. The van der Waals surface area contributed by atoms with Crippen LogP contribution in [0.3, 0.4) is 0 Å². The first-order valence-corrected chi connectivity index (χ1v) is 10.4. The quantitative estimate of drug-likeness (QED) is 0.783. The SMILES string of the molecule is Cc1[nH]c2ccc(F)cc2c1CC(=O)NCCN1CCN(C(=O)OC(C)(C)C)CC1. The minimum absolute atomic E-state index is 0.0874. The summed E-state index contributed by atoms with van der Waals surface area (Å²) >= 11 is 0. The Kier molecular flexibility index (Phi) is 6.65. The van der Waals surface area contributed by atoms with Crippen molar-refractivity contribution < 1.29 is 18.7 Å². The summed E-state index contributed by atoms with van der Waals surface area (Å²) in [5.41, 5.74) is 2.05. The van der Waals surface area contributed by atoms with Gasteiger partial charge in [-0.05, 0) is 51.5 Å². The number of nitrogens with zero attached hydrogens (tertiary/aromatic N) is 2. The molecule has 8 heteroatoms. The molecule has 0 radical (unpaired) electrons. The summed E-state index contributed by atoms with van der Waals surface area (Å²) in [6.07, 6.45) is -0.0668. The second-order valence-corrected chi connectivity index (χ2v) is 8.75. The van der Waals surface area contributed by atoms with E-state index < -0.39 is 5.60 Å². The van der Waals surface area contributed by atoms with Crippen LogP contribution in [0.25, 0.3) is 10.9 Å². The van der Waals surface area contributed by atoms with Crippen LogP contribution in [0.1, 0.15) is 32.0 Å². The molecule has 7 nitrogen and oxygen atoms in total. The van der Waals surface area contributed by atoms with Crippen molar-refractivity contribution in [2.24, 2.45) is 0 Å². The largest absolute Gasteiger partial charge is 0.444 e. The average molecular weight is 419 g/mol. The molecule has 0 atom stereocenters. The van der Waals surface area contributed by atoms with E-state index in [1.165, 1.54) is 12.1 Å². The molecule has 0 unspecified atom stereocenters. The summed E-state index contributed by atoms with van der Waals surface area (Å²) in [6, 6.07) is 4.56. The van der Waals surface area contributed by atoms with E-state index >= 15 is 0 Å². The maximum Gasteiger partial charge on any atom is 0.410 e. The lowest BCUT2D eigenvalue weighted by Gasteiger charge is -2.35. The van der Waals surface area contributed by atoms with Crippen LogP contribution >= 0.6 is 0 Å². The third-order valence-electron chi connectivity index (χ3n) is 5.19. The highest BCUT2D eigenvalue weighted by Crippen LogP contribution is 2.23. The van der Waals surface area contributed by atoms with Crippen LogP contribution in [0.15, 0.2) is 18.2 Å². The minimum Gasteiger partial charge on any atom is -0.444 e. The van der Waals surface area contributed by atoms with Gasteiger partial charge in [-0.3, -0.25) is 9.69 Å². The molecule has 2 heterocycles. The number of benzene rings is 1. The number of hydrogen-bond acceptors (Lipinski definition) is 4. The van der Waals surface area contributed by atoms with Gasteiger partial charge in [-0.1, -0.05) is 0 Å². The van der Waals surface area contributed by atoms with Crippen LogP contribution in [0.4, 0.5) is 9.18 Å². The third-order valence-corrected chi connectivity index (χ3v) is 5.19. The first-order valence-electron chi connectivity index (χ1n) is 10.4. The van der Waals surface area contributed by atoms with Crippen molar-refractivity contribution in [1.29, 1.82) is 0 Å². The lowest BCUT2D eigenvalue weighted by molar-refractivity contribution is -0.120. The van der Waals surface area contributed by atoms with E-state index in [2.05, 4.69) is 15.2 Å².